The molecule has 6 heteroatoms. The molecule has 1 aromatic heterocycles. The van der Waals surface area contributed by atoms with E-state index in [9.17, 15) is 9.59 Å². The van der Waals surface area contributed by atoms with Gasteiger partial charge in [-0.25, -0.2) is 4.98 Å². The summed E-state index contributed by atoms with van der Waals surface area (Å²) >= 11 is 0. The number of carbonyl (C=O) groups excluding carboxylic acids is 1. The number of oxazole rings is 1. The molecule has 86 valence electrons. The zero-order valence-corrected chi connectivity index (χ0v) is 8.82. The zero-order valence-electron chi connectivity index (χ0n) is 8.82. The molecule has 16 heavy (non-hydrogen) atoms. The molecular weight excluding hydrogens is 212 g/mol. The Morgan fingerprint density at radius 1 is 1.56 bits per heavy atom. The maximum Gasteiger partial charge on any atom is 0.322 e. The van der Waals surface area contributed by atoms with Crippen molar-refractivity contribution >= 4 is 11.9 Å². The molecule has 1 aliphatic carbocycles. The van der Waals surface area contributed by atoms with E-state index in [-0.39, 0.29) is 5.76 Å². The molecule has 0 atom stereocenters. The highest BCUT2D eigenvalue weighted by Gasteiger charge is 2.30. The second-order valence-corrected chi connectivity index (χ2v) is 3.82. The van der Waals surface area contributed by atoms with Crippen LogP contribution in [0.3, 0.4) is 0 Å². The number of aryl methyl sites for hydroxylation is 1. The monoisotopic (exact) mass is 224 g/mol. The van der Waals surface area contributed by atoms with Gasteiger partial charge in [-0.2, -0.15) is 0 Å². The van der Waals surface area contributed by atoms with Crippen LogP contribution in [0.4, 0.5) is 0 Å². The molecule has 0 aliphatic heterocycles. The Bertz CT molecular complexity index is 434. The van der Waals surface area contributed by atoms with Crippen LogP contribution in [-0.4, -0.2) is 28.5 Å². The van der Waals surface area contributed by atoms with Crippen molar-refractivity contribution in [3.63, 3.8) is 0 Å². The minimum absolute atomic E-state index is 0.114. The van der Waals surface area contributed by atoms with Gasteiger partial charge in [0.05, 0.1) is 5.69 Å². The van der Waals surface area contributed by atoms with Crippen LogP contribution in [0.25, 0.3) is 0 Å². The van der Waals surface area contributed by atoms with E-state index in [1.807, 2.05) is 0 Å². The van der Waals surface area contributed by atoms with Crippen LogP contribution in [0.15, 0.2) is 4.42 Å². The molecule has 0 spiro atoms. The fourth-order valence-corrected chi connectivity index (χ4v) is 1.37. The van der Waals surface area contributed by atoms with E-state index in [1.54, 1.807) is 6.92 Å². The maximum absolute atomic E-state index is 11.5. The Hall–Kier alpha value is -1.85. The molecule has 0 unspecified atom stereocenters. The minimum atomic E-state index is -1.09. The van der Waals surface area contributed by atoms with Crippen molar-refractivity contribution in [1.29, 1.82) is 0 Å². The number of aliphatic carboxylic acids is 1. The van der Waals surface area contributed by atoms with Crippen molar-refractivity contribution in [3.8, 4) is 0 Å². The van der Waals surface area contributed by atoms with Crippen LogP contribution in [0.2, 0.25) is 0 Å². The van der Waals surface area contributed by atoms with Gasteiger partial charge in [-0.3, -0.25) is 9.59 Å². The van der Waals surface area contributed by atoms with Crippen molar-refractivity contribution in [2.45, 2.75) is 25.7 Å². The number of nitrogens with zero attached hydrogens (tertiary/aromatic N) is 1. The summed E-state index contributed by atoms with van der Waals surface area (Å²) < 4.78 is 5.32. The summed E-state index contributed by atoms with van der Waals surface area (Å²) in [7, 11) is 0. The predicted octanol–water partition coefficient (Wildman–Crippen LogP) is 0.675. The van der Waals surface area contributed by atoms with Crippen LogP contribution >= 0.6 is 0 Å². The number of rotatable bonds is 4. The number of nitrogens with one attached hydrogen (secondary N) is 1. The number of carboxylic acids is 1. The van der Waals surface area contributed by atoms with E-state index < -0.39 is 18.4 Å². The number of amides is 1. The van der Waals surface area contributed by atoms with E-state index in [0.717, 1.165) is 12.8 Å². The first-order valence-corrected chi connectivity index (χ1v) is 5.05. The Morgan fingerprint density at radius 2 is 2.25 bits per heavy atom. The SMILES string of the molecule is Cc1nc(C2CC2)oc1C(=O)NCC(=O)O. The predicted molar refractivity (Wildman–Crippen MR) is 53.2 cm³/mol. The smallest absolute Gasteiger partial charge is 0.322 e. The Balaban J connectivity index is 2.07. The lowest BCUT2D eigenvalue weighted by Gasteiger charge is -1.98. The maximum atomic E-state index is 11.5. The minimum Gasteiger partial charge on any atom is -0.480 e. The number of hydrogen-bond acceptors (Lipinski definition) is 4. The summed E-state index contributed by atoms with van der Waals surface area (Å²) in [5.41, 5.74) is 0.504. The van der Waals surface area contributed by atoms with E-state index in [2.05, 4.69) is 10.3 Å². The van der Waals surface area contributed by atoms with Crippen LogP contribution < -0.4 is 5.32 Å². The second-order valence-electron chi connectivity index (χ2n) is 3.82. The van der Waals surface area contributed by atoms with Crippen molar-refractivity contribution in [1.82, 2.24) is 10.3 Å². The van der Waals surface area contributed by atoms with Crippen LogP contribution in [0, 0.1) is 6.92 Å². The first kappa shape index (κ1) is 10.7. The topological polar surface area (TPSA) is 92.4 Å². The first-order chi connectivity index (χ1) is 7.58. The van der Waals surface area contributed by atoms with Gasteiger partial charge in [0, 0.05) is 5.92 Å². The molecule has 2 rings (SSSR count). The van der Waals surface area contributed by atoms with E-state index >= 15 is 0 Å². The fraction of sp³-hybridized carbons (Fsp3) is 0.500. The van der Waals surface area contributed by atoms with Crippen molar-refractivity contribution in [2.75, 3.05) is 6.54 Å². The molecule has 1 fully saturated rings. The van der Waals surface area contributed by atoms with Gasteiger partial charge in [-0.15, -0.1) is 0 Å². The summed E-state index contributed by atoms with van der Waals surface area (Å²) in [6, 6.07) is 0. The van der Waals surface area contributed by atoms with Crippen molar-refractivity contribution in [3.05, 3.63) is 17.3 Å². The molecule has 1 aromatic rings. The molecule has 1 amide bonds. The number of carboxylic acid groups (broad SMARTS) is 1. The summed E-state index contributed by atoms with van der Waals surface area (Å²) in [6.45, 7) is 1.25. The summed E-state index contributed by atoms with van der Waals surface area (Å²) in [5.74, 6) is -0.590. The van der Waals surface area contributed by atoms with Crippen molar-refractivity contribution in [2.24, 2.45) is 0 Å². The quantitative estimate of drug-likeness (QED) is 0.784. The highest BCUT2D eigenvalue weighted by atomic mass is 16.4. The third-order valence-corrected chi connectivity index (χ3v) is 2.35. The van der Waals surface area contributed by atoms with Gasteiger partial charge >= 0.3 is 5.97 Å². The lowest BCUT2D eigenvalue weighted by Crippen LogP contribution is -2.29. The molecule has 0 aromatic carbocycles. The largest absolute Gasteiger partial charge is 0.480 e. The third-order valence-electron chi connectivity index (χ3n) is 2.35. The van der Waals surface area contributed by atoms with Gasteiger partial charge in [0.1, 0.15) is 6.54 Å². The summed E-state index contributed by atoms with van der Waals surface area (Å²) in [5, 5.41) is 10.7. The lowest BCUT2D eigenvalue weighted by atomic mass is 10.3. The Morgan fingerprint density at radius 3 is 2.81 bits per heavy atom. The van der Waals surface area contributed by atoms with Gasteiger partial charge in [0.2, 0.25) is 5.76 Å². The van der Waals surface area contributed by atoms with Crippen LogP contribution in [0.5, 0.6) is 0 Å². The molecule has 0 saturated heterocycles. The molecule has 0 radical (unpaired) electrons. The highest BCUT2D eigenvalue weighted by Crippen LogP contribution is 2.39. The van der Waals surface area contributed by atoms with Gasteiger partial charge in [0.15, 0.2) is 5.89 Å². The molecular formula is C10H12N2O4. The molecule has 1 heterocycles. The van der Waals surface area contributed by atoms with Gasteiger partial charge in [-0.05, 0) is 19.8 Å². The van der Waals surface area contributed by atoms with Gasteiger partial charge in [0.25, 0.3) is 5.91 Å². The standard InChI is InChI=1S/C10H12N2O4/c1-5-8(9(15)11-4-7(13)14)16-10(12-5)6-2-3-6/h6H,2-4H2,1H3,(H,11,15)(H,13,14). The average Bonchev–Trinajstić information content (AvgIpc) is 2.99. The van der Waals surface area contributed by atoms with Gasteiger partial charge < -0.3 is 14.8 Å². The Kier molecular flexibility index (Phi) is 2.64. The number of aromatic nitrogens is 1. The lowest BCUT2D eigenvalue weighted by molar-refractivity contribution is -0.135. The normalized spacial score (nSPS) is 14.8. The number of hydrogen-bond donors (Lipinski definition) is 2. The Labute approximate surface area is 91.7 Å². The third kappa shape index (κ3) is 2.21. The van der Waals surface area contributed by atoms with Crippen LogP contribution in [-0.2, 0) is 4.79 Å². The van der Waals surface area contributed by atoms with E-state index in [4.69, 9.17) is 9.52 Å². The summed E-state index contributed by atoms with van der Waals surface area (Å²) in [4.78, 5) is 25.9. The second kappa shape index (κ2) is 3.96. The average molecular weight is 224 g/mol. The van der Waals surface area contributed by atoms with Crippen LogP contribution in [0.1, 0.15) is 40.9 Å². The molecule has 0 bridgehead atoms. The molecule has 2 N–H and O–H groups in total. The highest BCUT2D eigenvalue weighted by molar-refractivity contribution is 5.94. The first-order valence-electron chi connectivity index (χ1n) is 5.05. The summed E-state index contributed by atoms with van der Waals surface area (Å²) in [6.07, 6.45) is 2.08. The molecule has 6 nitrogen and oxygen atoms in total. The van der Waals surface area contributed by atoms with E-state index in [0.29, 0.717) is 17.5 Å². The number of carbonyl (C=O) groups is 2. The molecule has 1 aliphatic rings. The van der Waals surface area contributed by atoms with Gasteiger partial charge in [-0.1, -0.05) is 0 Å². The van der Waals surface area contributed by atoms with E-state index in [1.165, 1.54) is 0 Å². The fourth-order valence-electron chi connectivity index (χ4n) is 1.37. The zero-order chi connectivity index (χ0) is 11.7. The molecule has 1 saturated carbocycles. The van der Waals surface area contributed by atoms with Crippen molar-refractivity contribution < 1.29 is 19.1 Å².